The fourth-order valence-corrected chi connectivity index (χ4v) is 5.04. The highest BCUT2D eigenvalue weighted by atomic mass is 32.1. The number of aryl methyl sites for hydroxylation is 1. The van der Waals surface area contributed by atoms with Crippen LogP contribution >= 0.6 is 11.5 Å². The van der Waals surface area contributed by atoms with E-state index < -0.39 is 0 Å². The summed E-state index contributed by atoms with van der Waals surface area (Å²) in [6.07, 6.45) is 3.75. The van der Waals surface area contributed by atoms with Gasteiger partial charge < -0.3 is 14.5 Å². The molecular formula is C21H29N5O2S. The Bertz CT molecular complexity index is 826. The first-order valence-corrected chi connectivity index (χ1v) is 11.2. The van der Waals surface area contributed by atoms with Crippen molar-refractivity contribution < 1.29 is 9.53 Å². The molecule has 0 saturated carbocycles. The average Bonchev–Trinajstić information content (AvgIpc) is 3.20. The van der Waals surface area contributed by atoms with Crippen LogP contribution in [0.25, 0.3) is 10.4 Å². The molecule has 8 heteroatoms. The molecule has 29 heavy (non-hydrogen) atoms. The molecule has 0 aliphatic carbocycles. The summed E-state index contributed by atoms with van der Waals surface area (Å²) in [5, 5.41) is 0. The lowest BCUT2D eigenvalue weighted by molar-refractivity contribution is 0.0729. The van der Waals surface area contributed by atoms with E-state index in [1.165, 1.54) is 10.4 Å². The van der Waals surface area contributed by atoms with Crippen LogP contribution in [0.5, 0.6) is 0 Å². The second-order valence-corrected chi connectivity index (χ2v) is 8.45. The minimum absolute atomic E-state index is 0.170. The third-order valence-corrected chi connectivity index (χ3v) is 6.71. The van der Waals surface area contributed by atoms with Gasteiger partial charge in [0.25, 0.3) is 0 Å². The summed E-state index contributed by atoms with van der Waals surface area (Å²) in [6.45, 7) is 9.91. The number of likely N-dealkylation sites (tertiary alicyclic amines) is 1. The molecule has 156 valence electrons. The largest absolute Gasteiger partial charge is 0.450 e. The van der Waals surface area contributed by atoms with Gasteiger partial charge in [0.1, 0.15) is 5.82 Å². The molecule has 7 nitrogen and oxygen atoms in total. The van der Waals surface area contributed by atoms with Crippen LogP contribution in [0.15, 0.2) is 24.4 Å². The number of amides is 1. The number of aromatic nitrogens is 2. The lowest BCUT2D eigenvalue weighted by atomic mass is 10.0. The minimum atomic E-state index is -0.170. The summed E-state index contributed by atoms with van der Waals surface area (Å²) < 4.78 is 9.56. The monoisotopic (exact) mass is 415 g/mol. The maximum absolute atomic E-state index is 11.9. The molecule has 0 unspecified atom stereocenters. The van der Waals surface area contributed by atoms with Crippen LogP contribution in [0.1, 0.15) is 25.5 Å². The van der Waals surface area contributed by atoms with E-state index in [0.717, 1.165) is 63.6 Å². The molecule has 2 aliphatic heterocycles. The summed E-state index contributed by atoms with van der Waals surface area (Å²) in [4.78, 5) is 24.6. The van der Waals surface area contributed by atoms with Crippen LogP contribution in [-0.2, 0) is 4.74 Å². The van der Waals surface area contributed by atoms with Gasteiger partial charge in [-0.3, -0.25) is 4.90 Å². The van der Waals surface area contributed by atoms with Gasteiger partial charge in [-0.25, -0.2) is 9.78 Å². The highest BCUT2D eigenvalue weighted by molar-refractivity contribution is 7.09. The van der Waals surface area contributed by atoms with Crippen molar-refractivity contribution in [3.63, 3.8) is 0 Å². The van der Waals surface area contributed by atoms with Crippen LogP contribution < -0.4 is 4.90 Å². The van der Waals surface area contributed by atoms with Crippen molar-refractivity contribution in [2.75, 3.05) is 50.8 Å². The number of hydrogen-bond donors (Lipinski definition) is 0. The Morgan fingerprint density at radius 3 is 2.62 bits per heavy atom. The van der Waals surface area contributed by atoms with Gasteiger partial charge in [0.2, 0.25) is 0 Å². The Balaban J connectivity index is 1.35. The first-order chi connectivity index (χ1) is 14.2. The maximum Gasteiger partial charge on any atom is 0.409 e. The molecule has 0 N–H and O–H groups in total. The zero-order valence-electron chi connectivity index (χ0n) is 17.2. The number of anilines is 1. The van der Waals surface area contributed by atoms with Crippen molar-refractivity contribution in [2.45, 2.75) is 32.7 Å². The van der Waals surface area contributed by atoms with Gasteiger partial charge in [-0.05, 0) is 56.4 Å². The fourth-order valence-electron chi connectivity index (χ4n) is 4.26. The number of nitrogens with zero attached hydrogens (tertiary/aromatic N) is 5. The molecule has 2 fully saturated rings. The Labute approximate surface area is 176 Å². The highest BCUT2D eigenvalue weighted by Gasteiger charge is 2.30. The number of pyridine rings is 1. The lowest BCUT2D eigenvalue weighted by Crippen LogP contribution is -2.54. The normalized spacial score (nSPS) is 18.8. The fraction of sp³-hybridized carbons (Fsp3) is 0.571. The maximum atomic E-state index is 11.9. The van der Waals surface area contributed by atoms with Crippen LogP contribution in [-0.4, -0.2) is 77.2 Å². The summed E-state index contributed by atoms with van der Waals surface area (Å²) in [7, 11) is 0. The van der Waals surface area contributed by atoms with E-state index in [1.54, 1.807) is 11.5 Å². The highest BCUT2D eigenvalue weighted by Crippen LogP contribution is 2.32. The summed E-state index contributed by atoms with van der Waals surface area (Å²) in [5.74, 6) is 1.06. The average molecular weight is 416 g/mol. The first-order valence-electron chi connectivity index (χ1n) is 10.4. The van der Waals surface area contributed by atoms with Crippen LogP contribution in [0, 0.1) is 6.92 Å². The number of ether oxygens (including phenoxy) is 1. The van der Waals surface area contributed by atoms with Gasteiger partial charge in [0, 0.05) is 57.1 Å². The zero-order valence-corrected chi connectivity index (χ0v) is 18.0. The SMILES string of the molecule is CCOC(=O)N1CCC(N2CCN(c3ncccc3-c3cc(C)ns3)CC2)CC1. The van der Waals surface area contributed by atoms with Gasteiger partial charge in [-0.1, -0.05) is 0 Å². The molecule has 2 saturated heterocycles. The van der Waals surface area contributed by atoms with Crippen molar-refractivity contribution in [2.24, 2.45) is 0 Å². The smallest absolute Gasteiger partial charge is 0.409 e. The van der Waals surface area contributed by atoms with Crippen molar-refractivity contribution in [3.05, 3.63) is 30.1 Å². The van der Waals surface area contributed by atoms with E-state index in [2.05, 4.69) is 26.3 Å². The second kappa shape index (κ2) is 9.09. The molecule has 4 rings (SSSR count). The summed E-state index contributed by atoms with van der Waals surface area (Å²) >= 11 is 1.54. The molecule has 2 aliphatic rings. The van der Waals surface area contributed by atoms with E-state index in [9.17, 15) is 4.79 Å². The number of carbonyl (C=O) groups excluding carboxylic acids is 1. The predicted octanol–water partition coefficient (Wildman–Crippen LogP) is 3.26. The molecule has 4 heterocycles. The van der Waals surface area contributed by atoms with E-state index >= 15 is 0 Å². The van der Waals surface area contributed by atoms with Gasteiger partial charge in [-0.15, -0.1) is 0 Å². The Morgan fingerprint density at radius 1 is 1.21 bits per heavy atom. The zero-order chi connectivity index (χ0) is 20.2. The summed E-state index contributed by atoms with van der Waals surface area (Å²) in [6, 6.07) is 6.84. The number of piperazine rings is 1. The number of rotatable bonds is 4. The quantitative estimate of drug-likeness (QED) is 0.764. The third kappa shape index (κ3) is 4.53. The lowest BCUT2D eigenvalue weighted by Gasteiger charge is -2.43. The van der Waals surface area contributed by atoms with E-state index in [1.807, 2.05) is 31.0 Å². The Hall–Kier alpha value is -2.19. The van der Waals surface area contributed by atoms with E-state index in [0.29, 0.717) is 12.6 Å². The van der Waals surface area contributed by atoms with Crippen LogP contribution in [0.2, 0.25) is 0 Å². The van der Waals surface area contributed by atoms with Crippen molar-refractivity contribution in [1.82, 2.24) is 19.2 Å². The minimum Gasteiger partial charge on any atom is -0.450 e. The van der Waals surface area contributed by atoms with Crippen molar-refractivity contribution >= 4 is 23.4 Å². The number of piperidine rings is 1. The molecule has 0 atom stereocenters. The second-order valence-electron chi connectivity index (χ2n) is 7.65. The molecule has 1 amide bonds. The molecule has 0 radical (unpaired) electrons. The van der Waals surface area contributed by atoms with Gasteiger partial charge in [-0.2, -0.15) is 4.37 Å². The van der Waals surface area contributed by atoms with Crippen molar-refractivity contribution in [1.29, 1.82) is 0 Å². The van der Waals surface area contributed by atoms with Gasteiger partial charge in [0.15, 0.2) is 0 Å². The van der Waals surface area contributed by atoms with E-state index in [4.69, 9.17) is 9.72 Å². The molecule has 0 spiro atoms. The third-order valence-electron chi connectivity index (χ3n) is 5.80. The number of hydrogen-bond acceptors (Lipinski definition) is 7. The molecule has 2 aromatic rings. The molecular weight excluding hydrogens is 386 g/mol. The number of carbonyl (C=O) groups is 1. The molecule has 0 bridgehead atoms. The molecule has 2 aromatic heterocycles. The first kappa shape index (κ1) is 20.1. The predicted molar refractivity (Wildman–Crippen MR) is 115 cm³/mol. The molecule has 0 aromatic carbocycles. The van der Waals surface area contributed by atoms with E-state index in [-0.39, 0.29) is 6.09 Å². The van der Waals surface area contributed by atoms with Gasteiger partial charge >= 0.3 is 6.09 Å². The van der Waals surface area contributed by atoms with Crippen LogP contribution in [0.4, 0.5) is 10.6 Å². The van der Waals surface area contributed by atoms with Crippen LogP contribution in [0.3, 0.4) is 0 Å². The standard InChI is InChI=1S/C21H29N5O2S/c1-3-28-21(27)26-9-6-17(7-10-26)24-11-13-25(14-12-24)20-18(5-4-8-22-20)19-15-16(2)23-29-19/h4-5,8,15,17H,3,6-7,9-14H2,1-2H3. The summed E-state index contributed by atoms with van der Waals surface area (Å²) in [5.41, 5.74) is 2.23. The topological polar surface area (TPSA) is 61.8 Å². The van der Waals surface area contributed by atoms with Crippen molar-refractivity contribution in [3.8, 4) is 10.4 Å². The Morgan fingerprint density at radius 2 is 1.97 bits per heavy atom. The Kier molecular flexibility index (Phi) is 6.30. The van der Waals surface area contributed by atoms with Gasteiger partial charge in [0.05, 0.1) is 17.2 Å².